The van der Waals surface area contributed by atoms with Gasteiger partial charge in [-0.2, -0.15) is 0 Å². The molecule has 1 aromatic carbocycles. The first kappa shape index (κ1) is 27.3. The Kier molecular flexibility index (Phi) is 11.3. The predicted molar refractivity (Wildman–Crippen MR) is 141 cm³/mol. The van der Waals surface area contributed by atoms with Crippen molar-refractivity contribution in [3.05, 3.63) is 58.2 Å². The van der Waals surface area contributed by atoms with Crippen LogP contribution in [0, 0.1) is 17.8 Å². The molecule has 1 aliphatic carbocycles. The van der Waals surface area contributed by atoms with Gasteiger partial charge in [0.2, 0.25) is 0 Å². The number of allylic oxidation sites excluding steroid dienone is 4. The number of carbonyl (C=O) groups excluding carboxylic acids is 2. The average molecular weight is 451 g/mol. The Hall–Kier alpha value is -1.96. The largest absolute Gasteiger partial charge is 0.289 e. The number of carbonyl (C=O) groups is 2. The van der Waals surface area contributed by atoms with Crippen molar-refractivity contribution in [1.29, 1.82) is 0 Å². The lowest BCUT2D eigenvalue weighted by atomic mass is 9.83. The van der Waals surface area contributed by atoms with Gasteiger partial charge in [-0.25, -0.2) is 0 Å². The summed E-state index contributed by atoms with van der Waals surface area (Å²) in [5.41, 5.74) is 3.68. The molecule has 0 unspecified atom stereocenters. The number of hydrogen-bond donors (Lipinski definition) is 0. The second-order valence-electron chi connectivity index (χ2n) is 10.9. The van der Waals surface area contributed by atoms with Crippen LogP contribution in [0.15, 0.2) is 47.1 Å². The van der Waals surface area contributed by atoms with Gasteiger partial charge in [0.25, 0.3) is 0 Å². The van der Waals surface area contributed by atoms with E-state index in [0.29, 0.717) is 28.7 Å². The quantitative estimate of drug-likeness (QED) is 0.265. The fourth-order valence-corrected chi connectivity index (χ4v) is 4.88. The highest BCUT2D eigenvalue weighted by molar-refractivity contribution is 6.26. The zero-order valence-corrected chi connectivity index (χ0v) is 22.0. The zero-order chi connectivity index (χ0) is 24.4. The van der Waals surface area contributed by atoms with E-state index in [1.807, 2.05) is 12.1 Å². The lowest BCUT2D eigenvalue weighted by Crippen LogP contribution is -2.20. The van der Waals surface area contributed by atoms with Gasteiger partial charge in [0.05, 0.1) is 0 Å². The van der Waals surface area contributed by atoms with E-state index in [0.717, 1.165) is 24.2 Å². The van der Waals surface area contributed by atoms with Gasteiger partial charge in [0, 0.05) is 22.3 Å². The molecule has 0 spiro atoms. The molecule has 2 nitrogen and oxygen atoms in total. The van der Waals surface area contributed by atoms with Crippen LogP contribution in [0.5, 0.6) is 0 Å². The molecule has 0 radical (unpaired) electrons. The van der Waals surface area contributed by atoms with E-state index in [-0.39, 0.29) is 11.6 Å². The first-order valence-electron chi connectivity index (χ1n) is 13.2. The van der Waals surface area contributed by atoms with Crippen LogP contribution in [0.25, 0.3) is 0 Å². The average Bonchev–Trinajstić information content (AvgIpc) is 2.77. The van der Waals surface area contributed by atoms with Gasteiger partial charge < -0.3 is 0 Å². The highest BCUT2D eigenvalue weighted by Crippen LogP contribution is 2.29. The van der Waals surface area contributed by atoms with Crippen molar-refractivity contribution in [3.8, 4) is 0 Å². The van der Waals surface area contributed by atoms with E-state index >= 15 is 0 Å². The Morgan fingerprint density at radius 1 is 0.788 bits per heavy atom. The summed E-state index contributed by atoms with van der Waals surface area (Å²) in [6.07, 6.45) is 14.4. The minimum Gasteiger partial charge on any atom is -0.289 e. The molecule has 0 saturated carbocycles. The number of Topliss-reactive ketones (excluding diaryl/α,β-unsaturated/α-hetero) is 2. The van der Waals surface area contributed by atoms with Gasteiger partial charge >= 0.3 is 0 Å². The topological polar surface area (TPSA) is 34.1 Å². The normalized spacial score (nSPS) is 16.4. The highest BCUT2D eigenvalue weighted by atomic mass is 16.1. The SMILES string of the molecule is CC1=C(C/C=C(/C)CCC[C@H](C)CCC[C@H](C)CCCC(C)C)C(=O)c2ccccc2C1=O. The summed E-state index contributed by atoms with van der Waals surface area (Å²) < 4.78 is 0. The third-order valence-electron chi connectivity index (χ3n) is 7.28. The molecule has 0 aliphatic heterocycles. The first-order chi connectivity index (χ1) is 15.7. The van der Waals surface area contributed by atoms with E-state index in [4.69, 9.17) is 0 Å². The molecule has 1 aromatic rings. The molecule has 0 aromatic heterocycles. The maximum atomic E-state index is 12.9. The third kappa shape index (κ3) is 8.72. The molecule has 182 valence electrons. The molecule has 0 amide bonds. The highest BCUT2D eigenvalue weighted by Gasteiger charge is 2.28. The fourth-order valence-electron chi connectivity index (χ4n) is 4.88. The van der Waals surface area contributed by atoms with Crippen molar-refractivity contribution < 1.29 is 9.59 Å². The summed E-state index contributed by atoms with van der Waals surface area (Å²) in [5, 5.41) is 0. The van der Waals surface area contributed by atoms with Crippen LogP contribution < -0.4 is 0 Å². The Labute approximate surface area is 202 Å². The van der Waals surface area contributed by atoms with Gasteiger partial charge in [0.1, 0.15) is 0 Å². The monoisotopic (exact) mass is 450 g/mol. The summed E-state index contributed by atoms with van der Waals surface area (Å²) in [6.45, 7) is 13.4. The molecule has 0 bridgehead atoms. The third-order valence-corrected chi connectivity index (χ3v) is 7.28. The van der Waals surface area contributed by atoms with Crippen molar-refractivity contribution in [2.75, 3.05) is 0 Å². The number of rotatable bonds is 14. The maximum absolute atomic E-state index is 12.9. The molecule has 0 fully saturated rings. The summed E-state index contributed by atoms with van der Waals surface area (Å²) in [6, 6.07) is 7.18. The fraction of sp³-hybridized carbons (Fsp3) is 0.613. The second kappa shape index (κ2) is 13.7. The summed E-state index contributed by atoms with van der Waals surface area (Å²) in [5.74, 6) is 2.48. The van der Waals surface area contributed by atoms with Crippen LogP contribution >= 0.6 is 0 Å². The molecule has 0 saturated heterocycles. The molecule has 0 heterocycles. The van der Waals surface area contributed by atoms with Crippen LogP contribution in [0.1, 0.15) is 126 Å². The van der Waals surface area contributed by atoms with E-state index < -0.39 is 0 Å². The molecule has 2 rings (SSSR count). The summed E-state index contributed by atoms with van der Waals surface area (Å²) >= 11 is 0. The Morgan fingerprint density at radius 2 is 1.30 bits per heavy atom. The van der Waals surface area contributed by atoms with E-state index in [2.05, 4.69) is 40.7 Å². The molecule has 2 atom stereocenters. The Bertz CT molecular complexity index is 855. The van der Waals surface area contributed by atoms with E-state index in [1.165, 1.54) is 56.9 Å². The van der Waals surface area contributed by atoms with Crippen LogP contribution in [0.3, 0.4) is 0 Å². The van der Waals surface area contributed by atoms with Crippen molar-refractivity contribution in [1.82, 2.24) is 0 Å². The second-order valence-corrected chi connectivity index (χ2v) is 10.9. The number of benzene rings is 1. The molecule has 2 heteroatoms. The Balaban J connectivity index is 1.71. The maximum Gasteiger partial charge on any atom is 0.190 e. The first-order valence-corrected chi connectivity index (χ1v) is 13.2. The lowest BCUT2D eigenvalue weighted by molar-refractivity contribution is 0.0973. The molecule has 0 N–H and O–H groups in total. The van der Waals surface area contributed by atoms with Gasteiger partial charge in [-0.3, -0.25) is 9.59 Å². The number of fused-ring (bicyclic) bond motifs is 1. The van der Waals surface area contributed by atoms with Crippen LogP contribution in [-0.4, -0.2) is 11.6 Å². The molecule has 1 aliphatic rings. The van der Waals surface area contributed by atoms with Crippen LogP contribution in [0.4, 0.5) is 0 Å². The predicted octanol–water partition coefficient (Wildman–Crippen LogP) is 9.16. The van der Waals surface area contributed by atoms with Gasteiger partial charge in [0.15, 0.2) is 11.6 Å². The number of ketones is 2. The van der Waals surface area contributed by atoms with Crippen molar-refractivity contribution >= 4 is 11.6 Å². The standard InChI is InChI=1S/C31H46O2/c1-22(2)12-9-13-23(3)14-10-15-24(4)16-11-17-25(5)20-21-27-26(6)30(32)28-18-7-8-19-29(28)31(27)33/h7-8,18-20,22-24H,9-17,21H2,1-6H3/b25-20-/t23-,24-/m1/s1. The number of hydrogen-bond acceptors (Lipinski definition) is 2. The Morgan fingerprint density at radius 3 is 1.88 bits per heavy atom. The molecular formula is C31H46O2. The van der Waals surface area contributed by atoms with Crippen LogP contribution in [-0.2, 0) is 0 Å². The summed E-state index contributed by atoms with van der Waals surface area (Å²) in [4.78, 5) is 25.5. The van der Waals surface area contributed by atoms with Gasteiger partial charge in [-0.05, 0) is 50.9 Å². The minimum atomic E-state index is -0.00526. The molecular weight excluding hydrogens is 404 g/mol. The smallest absolute Gasteiger partial charge is 0.190 e. The minimum absolute atomic E-state index is 0.00526. The van der Waals surface area contributed by atoms with E-state index in [9.17, 15) is 9.59 Å². The lowest BCUT2D eigenvalue weighted by Gasteiger charge is -2.18. The van der Waals surface area contributed by atoms with Crippen molar-refractivity contribution in [2.45, 2.75) is 106 Å². The van der Waals surface area contributed by atoms with Gasteiger partial charge in [-0.1, -0.05) is 109 Å². The van der Waals surface area contributed by atoms with Crippen molar-refractivity contribution in [3.63, 3.8) is 0 Å². The summed E-state index contributed by atoms with van der Waals surface area (Å²) in [7, 11) is 0. The van der Waals surface area contributed by atoms with Gasteiger partial charge in [-0.15, -0.1) is 0 Å². The van der Waals surface area contributed by atoms with E-state index in [1.54, 1.807) is 19.1 Å². The van der Waals surface area contributed by atoms with Crippen molar-refractivity contribution in [2.24, 2.45) is 17.8 Å². The zero-order valence-electron chi connectivity index (χ0n) is 22.0. The molecule has 33 heavy (non-hydrogen) atoms. The van der Waals surface area contributed by atoms with Crippen LogP contribution in [0.2, 0.25) is 0 Å².